The van der Waals surface area contributed by atoms with E-state index < -0.39 is 23.8 Å². The van der Waals surface area contributed by atoms with E-state index in [4.69, 9.17) is 21.1 Å². The lowest BCUT2D eigenvalue weighted by molar-refractivity contribution is -0.122. The molecule has 10 heteroatoms. The van der Waals surface area contributed by atoms with Crippen LogP contribution in [-0.4, -0.2) is 37.5 Å². The summed E-state index contributed by atoms with van der Waals surface area (Å²) in [6.45, 7) is 1.61. The van der Waals surface area contributed by atoms with Gasteiger partial charge in [-0.2, -0.15) is 0 Å². The molecule has 0 aliphatic carbocycles. The maximum Gasteiger partial charge on any atom is 0.335 e. The number of urea groups is 1. The van der Waals surface area contributed by atoms with Gasteiger partial charge in [-0.05, 0) is 55.0 Å². The lowest BCUT2D eigenvalue weighted by atomic mass is 10.1. The number of nitrogens with one attached hydrogen (secondary N) is 2. The van der Waals surface area contributed by atoms with Crippen LogP contribution in [0.2, 0.25) is 5.02 Å². The van der Waals surface area contributed by atoms with Crippen LogP contribution in [0.5, 0.6) is 11.5 Å². The summed E-state index contributed by atoms with van der Waals surface area (Å²) in [4.78, 5) is 51.0. The smallest absolute Gasteiger partial charge is 0.335 e. The van der Waals surface area contributed by atoms with Gasteiger partial charge in [-0.3, -0.25) is 19.7 Å². The predicted molar refractivity (Wildman–Crippen MR) is 139 cm³/mol. The third-order valence-electron chi connectivity index (χ3n) is 5.36. The summed E-state index contributed by atoms with van der Waals surface area (Å²) in [7, 11) is 1.39. The molecule has 9 nitrogen and oxygen atoms in total. The lowest BCUT2D eigenvalue weighted by Gasteiger charge is -2.26. The Hall–Kier alpha value is -4.63. The Morgan fingerprint density at radius 2 is 1.76 bits per heavy atom. The van der Waals surface area contributed by atoms with Gasteiger partial charge in [0, 0.05) is 5.69 Å². The second-order valence-electron chi connectivity index (χ2n) is 8.03. The SMILES string of the molecule is COc1cc(/C=C2\C(=O)NC(=O)N(c3ccccc3)C2=O)cc(Cl)c1OCC(=O)Nc1ccc(C)cc1. The van der Waals surface area contributed by atoms with Crippen LogP contribution in [-0.2, 0) is 14.4 Å². The molecule has 0 spiro atoms. The number of imide groups is 2. The first-order chi connectivity index (χ1) is 17.8. The van der Waals surface area contributed by atoms with Crippen molar-refractivity contribution in [3.63, 3.8) is 0 Å². The van der Waals surface area contributed by atoms with Gasteiger partial charge < -0.3 is 14.8 Å². The maximum absolute atomic E-state index is 13.0. The molecule has 0 unspecified atom stereocenters. The Kier molecular flexibility index (Phi) is 7.55. The number of anilines is 2. The van der Waals surface area contributed by atoms with Crippen molar-refractivity contribution >= 4 is 52.8 Å². The minimum atomic E-state index is -0.846. The molecule has 0 atom stereocenters. The van der Waals surface area contributed by atoms with E-state index in [0.717, 1.165) is 10.5 Å². The zero-order valence-electron chi connectivity index (χ0n) is 19.9. The van der Waals surface area contributed by atoms with E-state index >= 15 is 0 Å². The summed E-state index contributed by atoms with van der Waals surface area (Å²) in [5.74, 6) is -1.73. The number of carbonyl (C=O) groups excluding carboxylic acids is 4. The molecule has 0 saturated carbocycles. The van der Waals surface area contributed by atoms with Gasteiger partial charge in [-0.25, -0.2) is 9.69 Å². The highest BCUT2D eigenvalue weighted by atomic mass is 35.5. The minimum Gasteiger partial charge on any atom is -0.493 e. The number of nitrogens with zero attached hydrogens (tertiary/aromatic N) is 1. The molecule has 1 saturated heterocycles. The molecule has 1 aliphatic heterocycles. The van der Waals surface area contributed by atoms with Crippen molar-refractivity contribution in [3.05, 3.63) is 88.5 Å². The fraction of sp³-hybridized carbons (Fsp3) is 0.111. The number of benzene rings is 3. The van der Waals surface area contributed by atoms with Crippen LogP contribution in [0.1, 0.15) is 11.1 Å². The van der Waals surface area contributed by atoms with E-state index in [0.29, 0.717) is 16.9 Å². The highest BCUT2D eigenvalue weighted by molar-refractivity contribution is 6.39. The Morgan fingerprint density at radius 3 is 2.43 bits per heavy atom. The third kappa shape index (κ3) is 5.79. The molecule has 3 aromatic rings. The summed E-state index contributed by atoms with van der Waals surface area (Å²) < 4.78 is 11.0. The van der Waals surface area contributed by atoms with Gasteiger partial charge in [0.1, 0.15) is 5.57 Å². The quantitative estimate of drug-likeness (QED) is 0.354. The number of barbiturate groups is 1. The zero-order chi connectivity index (χ0) is 26.5. The molecule has 37 heavy (non-hydrogen) atoms. The van der Waals surface area contributed by atoms with Gasteiger partial charge in [0.05, 0.1) is 17.8 Å². The van der Waals surface area contributed by atoms with Crippen molar-refractivity contribution in [3.8, 4) is 11.5 Å². The van der Waals surface area contributed by atoms with E-state index in [1.165, 1.54) is 25.3 Å². The number of aryl methyl sites for hydroxylation is 1. The van der Waals surface area contributed by atoms with Crippen LogP contribution in [0, 0.1) is 6.92 Å². The Labute approximate surface area is 217 Å². The molecule has 1 aliphatic rings. The fourth-order valence-electron chi connectivity index (χ4n) is 3.57. The van der Waals surface area contributed by atoms with E-state index in [9.17, 15) is 19.2 Å². The van der Waals surface area contributed by atoms with Crippen molar-refractivity contribution in [2.45, 2.75) is 6.92 Å². The molecule has 0 aromatic heterocycles. The van der Waals surface area contributed by atoms with E-state index in [-0.39, 0.29) is 28.7 Å². The highest BCUT2D eigenvalue weighted by Gasteiger charge is 2.36. The van der Waals surface area contributed by atoms with Crippen molar-refractivity contribution < 1.29 is 28.7 Å². The summed E-state index contributed by atoms with van der Waals surface area (Å²) in [6.07, 6.45) is 1.29. The van der Waals surface area contributed by atoms with Crippen LogP contribution in [0.4, 0.5) is 16.2 Å². The molecule has 2 N–H and O–H groups in total. The zero-order valence-corrected chi connectivity index (χ0v) is 20.7. The number of hydrogen-bond donors (Lipinski definition) is 2. The van der Waals surface area contributed by atoms with Crippen molar-refractivity contribution in [2.24, 2.45) is 0 Å². The number of methoxy groups -OCH3 is 1. The van der Waals surface area contributed by atoms with Crippen molar-refractivity contribution in [1.82, 2.24) is 5.32 Å². The highest BCUT2D eigenvalue weighted by Crippen LogP contribution is 2.37. The van der Waals surface area contributed by atoms with Gasteiger partial charge >= 0.3 is 6.03 Å². The van der Waals surface area contributed by atoms with Gasteiger partial charge in [0.25, 0.3) is 17.7 Å². The van der Waals surface area contributed by atoms with Gasteiger partial charge in [0.2, 0.25) is 0 Å². The summed E-state index contributed by atoms with van der Waals surface area (Å²) in [5, 5.41) is 4.98. The summed E-state index contributed by atoms with van der Waals surface area (Å²) >= 11 is 6.40. The molecule has 0 bridgehead atoms. The van der Waals surface area contributed by atoms with Gasteiger partial charge in [0.15, 0.2) is 18.1 Å². The largest absolute Gasteiger partial charge is 0.493 e. The average molecular weight is 520 g/mol. The van der Waals surface area contributed by atoms with Crippen LogP contribution in [0.15, 0.2) is 72.3 Å². The Balaban J connectivity index is 1.54. The first-order valence-electron chi connectivity index (χ1n) is 11.1. The summed E-state index contributed by atoms with van der Waals surface area (Å²) in [5.41, 5.74) is 2.07. The number of carbonyl (C=O) groups is 4. The molecular weight excluding hydrogens is 498 g/mol. The number of rotatable bonds is 7. The lowest BCUT2D eigenvalue weighted by Crippen LogP contribution is -2.54. The monoisotopic (exact) mass is 519 g/mol. The fourth-order valence-corrected chi connectivity index (χ4v) is 3.84. The Morgan fingerprint density at radius 1 is 1.05 bits per heavy atom. The summed E-state index contributed by atoms with van der Waals surface area (Å²) in [6, 6.07) is 17.6. The second-order valence-corrected chi connectivity index (χ2v) is 8.44. The predicted octanol–water partition coefficient (Wildman–Crippen LogP) is 4.34. The molecule has 4 rings (SSSR count). The Bertz CT molecular complexity index is 1400. The van der Waals surface area contributed by atoms with Crippen LogP contribution >= 0.6 is 11.6 Å². The molecule has 1 heterocycles. The topological polar surface area (TPSA) is 114 Å². The molecule has 3 aromatic carbocycles. The molecular formula is C27H22ClN3O6. The normalized spacial score (nSPS) is 14.4. The molecule has 1 fully saturated rings. The first-order valence-corrected chi connectivity index (χ1v) is 11.5. The van der Waals surface area contributed by atoms with Crippen LogP contribution < -0.4 is 25.0 Å². The minimum absolute atomic E-state index is 0.0917. The number of ether oxygens (including phenoxy) is 2. The first kappa shape index (κ1) is 25.5. The molecule has 188 valence electrons. The number of halogens is 1. The van der Waals surface area contributed by atoms with E-state index in [1.807, 2.05) is 19.1 Å². The maximum atomic E-state index is 13.0. The number of para-hydroxylation sites is 1. The third-order valence-corrected chi connectivity index (χ3v) is 5.64. The second kappa shape index (κ2) is 11.0. The average Bonchev–Trinajstić information content (AvgIpc) is 2.87. The standard InChI is InChI=1S/C27H22ClN3O6/c1-16-8-10-18(11-9-16)29-23(32)15-37-24-21(28)13-17(14-22(24)36-2)12-20-25(33)30-27(35)31(26(20)34)19-6-4-3-5-7-19/h3-14H,15H2,1-2H3,(H,29,32)(H,30,33,35)/b20-12+. The van der Waals surface area contributed by atoms with Crippen LogP contribution in [0.3, 0.4) is 0 Å². The van der Waals surface area contributed by atoms with Gasteiger partial charge in [-0.1, -0.05) is 47.5 Å². The van der Waals surface area contributed by atoms with E-state index in [2.05, 4.69) is 10.6 Å². The molecule has 5 amide bonds. The number of hydrogen-bond acceptors (Lipinski definition) is 6. The van der Waals surface area contributed by atoms with Crippen molar-refractivity contribution in [2.75, 3.05) is 23.9 Å². The van der Waals surface area contributed by atoms with Crippen molar-refractivity contribution in [1.29, 1.82) is 0 Å². The van der Waals surface area contributed by atoms with Gasteiger partial charge in [-0.15, -0.1) is 0 Å². The van der Waals surface area contributed by atoms with E-state index in [1.54, 1.807) is 42.5 Å². The number of amides is 5. The van der Waals surface area contributed by atoms with Crippen LogP contribution in [0.25, 0.3) is 6.08 Å². The molecule has 0 radical (unpaired) electrons.